The molecule has 1 saturated heterocycles. The van der Waals surface area contributed by atoms with Gasteiger partial charge in [0, 0.05) is 5.92 Å². The van der Waals surface area contributed by atoms with Gasteiger partial charge in [-0.05, 0) is 71.2 Å². The first kappa shape index (κ1) is 46.9. The number of nitrogens with one attached hydrogen (secondary N) is 2. The standard InChI is InChI=1S/C47H56N5O9PSSi/c1-30(2)42(53)50-45-49-41-38(43(54)51-45)48-29-52(41)44-40(60-62(55,56)36-18-14-11-15-19-36)39(61-64(8,9)46(3,4)5)37(63-44)28-59-47(31-16-12-10-13-17-31,32-20-24-34(57-6)25-21-32)33-22-26-35(58-7)27-23-33/h10-27,29-30,37,39-40,44H,28H2,1-9H3,(H,55,56)(H2,49,50,51,53,54)/t37-,39-,40-,44-/m1/s1. The molecule has 64 heavy (non-hydrogen) atoms. The Labute approximate surface area is 378 Å². The number of H-pyrrole nitrogens is 1. The molecule has 1 fully saturated rings. The Morgan fingerprint density at radius 3 is 1.95 bits per heavy atom. The maximum atomic E-state index is 14.5. The predicted molar refractivity (Wildman–Crippen MR) is 253 cm³/mol. The number of amides is 1. The Balaban J connectivity index is 1.41. The van der Waals surface area contributed by atoms with Crippen LogP contribution in [0.4, 0.5) is 5.95 Å². The molecule has 3 N–H and O–H groups in total. The van der Waals surface area contributed by atoms with Crippen LogP contribution in [0.5, 0.6) is 11.5 Å². The summed E-state index contributed by atoms with van der Waals surface area (Å²) in [5.41, 5.74) is 0.882. The number of nitrogens with zero attached hydrogens (tertiary/aromatic N) is 3. The predicted octanol–water partition coefficient (Wildman–Crippen LogP) is 8.64. The van der Waals surface area contributed by atoms with Gasteiger partial charge in [-0.25, -0.2) is 4.98 Å². The number of fused-ring (bicyclic) bond motifs is 1. The zero-order valence-corrected chi connectivity index (χ0v) is 40.2. The van der Waals surface area contributed by atoms with E-state index in [1.165, 1.54) is 18.1 Å². The van der Waals surface area contributed by atoms with Crippen molar-refractivity contribution in [1.82, 2.24) is 19.5 Å². The second-order valence-electron chi connectivity index (χ2n) is 17.5. The Kier molecular flexibility index (Phi) is 13.8. The van der Waals surface area contributed by atoms with Crippen LogP contribution in [0.1, 0.15) is 56.7 Å². The lowest BCUT2D eigenvalue weighted by atomic mass is 9.80. The summed E-state index contributed by atoms with van der Waals surface area (Å²) in [6, 6.07) is 33.6. The Morgan fingerprint density at radius 1 is 0.875 bits per heavy atom. The second-order valence-corrected chi connectivity index (χ2v) is 25.4. The van der Waals surface area contributed by atoms with Crippen LogP contribution < -0.4 is 25.7 Å². The first-order chi connectivity index (χ1) is 30.4. The molecule has 17 heteroatoms. The van der Waals surface area contributed by atoms with E-state index in [4.69, 9.17) is 23.2 Å². The van der Waals surface area contributed by atoms with Crippen molar-refractivity contribution >= 4 is 56.0 Å². The lowest BCUT2D eigenvalue weighted by Crippen LogP contribution is -2.50. The molecule has 1 aliphatic heterocycles. The van der Waals surface area contributed by atoms with Gasteiger partial charge in [-0.2, -0.15) is 4.98 Å². The third kappa shape index (κ3) is 9.50. The van der Waals surface area contributed by atoms with Crippen molar-refractivity contribution in [3.05, 3.63) is 143 Å². The molecule has 14 nitrogen and oxygen atoms in total. The van der Waals surface area contributed by atoms with Crippen LogP contribution in [0.3, 0.4) is 0 Å². The van der Waals surface area contributed by atoms with E-state index in [-0.39, 0.29) is 40.0 Å². The first-order valence-corrected chi connectivity index (χ1v) is 26.5. The number of hydrogen-bond acceptors (Lipinski definition) is 11. The number of anilines is 1. The zero-order chi connectivity index (χ0) is 46.0. The summed E-state index contributed by atoms with van der Waals surface area (Å²) >= 11 is 1.41. The van der Waals surface area contributed by atoms with Crippen molar-refractivity contribution < 1.29 is 37.4 Å². The van der Waals surface area contributed by atoms with Gasteiger partial charge in [-0.1, -0.05) is 107 Å². The molecular weight excluding hydrogens is 870 g/mol. The molecule has 1 amide bonds. The molecule has 0 radical (unpaired) electrons. The fourth-order valence-corrected chi connectivity index (χ4v) is 11.7. The number of ether oxygens (including phenoxy) is 3. The van der Waals surface area contributed by atoms with Crippen LogP contribution in [0.2, 0.25) is 18.1 Å². The number of aromatic amines is 1. The largest absolute Gasteiger partial charge is 0.497 e. The third-order valence-corrected chi connectivity index (χ3v) is 19.5. The average Bonchev–Trinajstić information content (AvgIpc) is 3.84. The third-order valence-electron chi connectivity index (χ3n) is 12.0. The van der Waals surface area contributed by atoms with Crippen LogP contribution in [-0.2, 0) is 28.6 Å². The van der Waals surface area contributed by atoms with Gasteiger partial charge in [-0.3, -0.25) is 33.5 Å². The highest BCUT2D eigenvalue weighted by Crippen LogP contribution is 2.55. The normalized spacial score (nSPS) is 19.1. The summed E-state index contributed by atoms with van der Waals surface area (Å²) in [5, 5.41) is 1.12. The van der Waals surface area contributed by atoms with Gasteiger partial charge in [0.25, 0.3) is 5.56 Å². The highest BCUT2D eigenvalue weighted by Gasteiger charge is 2.54. The van der Waals surface area contributed by atoms with Crippen molar-refractivity contribution in [1.29, 1.82) is 0 Å². The number of carbonyl (C=O) groups is 1. The lowest BCUT2D eigenvalue weighted by Gasteiger charge is -2.42. The Hall–Kier alpha value is -5.06. The quantitative estimate of drug-likeness (QED) is 0.0479. The zero-order valence-electron chi connectivity index (χ0n) is 37.5. The maximum absolute atomic E-state index is 14.5. The molecule has 5 atom stereocenters. The molecule has 7 rings (SSSR count). The van der Waals surface area contributed by atoms with E-state index in [0.717, 1.165) is 16.7 Å². The van der Waals surface area contributed by atoms with Crippen molar-refractivity contribution in [3.8, 4) is 11.5 Å². The molecule has 6 aromatic rings. The van der Waals surface area contributed by atoms with Crippen LogP contribution in [0, 0.1) is 5.92 Å². The maximum Gasteiger partial charge on any atom is 0.359 e. The highest BCUT2D eigenvalue weighted by atomic mass is 32.2. The minimum Gasteiger partial charge on any atom is -0.497 e. The van der Waals surface area contributed by atoms with Crippen LogP contribution in [0.15, 0.2) is 120 Å². The van der Waals surface area contributed by atoms with E-state index in [1.807, 2.05) is 78.9 Å². The molecule has 1 aliphatic rings. The number of rotatable bonds is 16. The van der Waals surface area contributed by atoms with Gasteiger partial charge in [0.05, 0.1) is 43.8 Å². The van der Waals surface area contributed by atoms with Gasteiger partial charge in [-0.15, -0.1) is 11.8 Å². The van der Waals surface area contributed by atoms with Gasteiger partial charge in [0.2, 0.25) is 11.9 Å². The number of imidazole rings is 1. The van der Waals surface area contributed by atoms with Crippen molar-refractivity contribution in [2.24, 2.45) is 5.92 Å². The number of carbonyl (C=O) groups excluding carboxylic acids is 1. The summed E-state index contributed by atoms with van der Waals surface area (Å²) < 4.78 is 48.7. The SMILES string of the molecule is COc1ccc(C(OC[C@H]2S[C@@H](n3cnc4c(=O)[nH]c(NC(=O)C(C)C)nc43)[C@H](OP(=O)(O)c3ccccc3)[C@@H]2O[Si](C)(C)C(C)(C)C)(c2ccccc2)c2ccc(OC)cc2)cc1. The summed E-state index contributed by atoms with van der Waals surface area (Å²) in [6.07, 6.45) is -0.501. The van der Waals surface area contributed by atoms with Crippen molar-refractivity contribution in [2.45, 2.75) is 81.2 Å². The number of aromatic nitrogens is 4. The summed E-state index contributed by atoms with van der Waals surface area (Å²) in [5.74, 6) is 0.562. The molecule has 2 aromatic heterocycles. The number of benzene rings is 4. The molecule has 0 bridgehead atoms. The number of thioether (sulfide) groups is 1. The molecule has 0 spiro atoms. The van der Waals surface area contributed by atoms with Gasteiger partial charge in [0.1, 0.15) is 28.6 Å². The van der Waals surface area contributed by atoms with E-state index in [1.54, 1.807) is 63.0 Å². The molecule has 0 saturated carbocycles. The van der Waals surface area contributed by atoms with Crippen LogP contribution in [-0.4, -0.2) is 76.9 Å². The topological polar surface area (TPSA) is 176 Å². The van der Waals surface area contributed by atoms with E-state index in [2.05, 4.69) is 54.1 Å². The lowest BCUT2D eigenvalue weighted by molar-refractivity contribution is -0.118. The molecular formula is C47H56N5O9PSSi. The Bertz CT molecular complexity index is 2610. The molecule has 3 heterocycles. The molecule has 1 unspecified atom stereocenters. The summed E-state index contributed by atoms with van der Waals surface area (Å²) in [6.45, 7) is 14.1. The molecule has 0 aliphatic carbocycles. The van der Waals surface area contributed by atoms with Crippen molar-refractivity contribution in [2.75, 3.05) is 26.1 Å². The van der Waals surface area contributed by atoms with E-state index < -0.39 is 55.8 Å². The van der Waals surface area contributed by atoms with E-state index in [0.29, 0.717) is 11.5 Å². The van der Waals surface area contributed by atoms with Crippen LogP contribution in [0.25, 0.3) is 11.2 Å². The minimum atomic E-state index is -4.54. The minimum absolute atomic E-state index is 0.0146. The molecule has 4 aromatic carbocycles. The van der Waals surface area contributed by atoms with Crippen LogP contribution >= 0.6 is 19.4 Å². The smallest absolute Gasteiger partial charge is 0.359 e. The monoisotopic (exact) mass is 925 g/mol. The fourth-order valence-electron chi connectivity index (χ4n) is 7.39. The van der Waals surface area contributed by atoms with Crippen molar-refractivity contribution in [3.63, 3.8) is 0 Å². The first-order valence-electron chi connectivity index (χ1n) is 21.0. The second kappa shape index (κ2) is 18.8. The van der Waals surface area contributed by atoms with Gasteiger partial charge < -0.3 is 23.5 Å². The number of hydrogen-bond donors (Lipinski definition) is 3. The average molecular weight is 926 g/mol. The Morgan fingerprint density at radius 2 is 1.42 bits per heavy atom. The van der Waals surface area contributed by atoms with E-state index in [9.17, 15) is 19.0 Å². The highest BCUT2D eigenvalue weighted by molar-refractivity contribution is 8.00. The van der Waals surface area contributed by atoms with Gasteiger partial charge >= 0.3 is 7.60 Å². The molecule has 338 valence electrons. The number of methoxy groups -OCH3 is 2. The fraction of sp³-hybridized carbons (Fsp3) is 0.362. The van der Waals surface area contributed by atoms with Gasteiger partial charge in [0.15, 0.2) is 19.5 Å². The summed E-state index contributed by atoms with van der Waals surface area (Å²) in [4.78, 5) is 49.9. The summed E-state index contributed by atoms with van der Waals surface area (Å²) in [7, 11) is -4.01. The van der Waals surface area contributed by atoms with E-state index >= 15 is 0 Å².